The highest BCUT2D eigenvalue weighted by atomic mass is 35.5. The molecule has 4 aromatic rings. The van der Waals surface area contributed by atoms with E-state index in [1.54, 1.807) is 41.8 Å². The number of hydrogen-bond acceptors (Lipinski definition) is 7. The number of hydrogen-bond donors (Lipinski definition) is 1. The summed E-state index contributed by atoms with van der Waals surface area (Å²) in [6.07, 6.45) is 0. The van der Waals surface area contributed by atoms with Gasteiger partial charge in [-0.15, -0.1) is 0 Å². The Balaban J connectivity index is 1.66. The molecule has 2 aromatic carbocycles. The summed E-state index contributed by atoms with van der Waals surface area (Å²) in [5.41, 5.74) is 8.87. The van der Waals surface area contributed by atoms with Crippen molar-refractivity contribution in [3.8, 4) is 0 Å². The molecule has 0 aliphatic rings. The lowest BCUT2D eigenvalue weighted by atomic mass is 10.2. The van der Waals surface area contributed by atoms with E-state index in [4.69, 9.17) is 26.8 Å². The van der Waals surface area contributed by atoms with Gasteiger partial charge in [0.15, 0.2) is 5.65 Å². The van der Waals surface area contributed by atoms with Crippen LogP contribution >= 0.6 is 11.6 Å². The van der Waals surface area contributed by atoms with Crippen LogP contribution in [-0.4, -0.2) is 39.7 Å². The molecule has 0 radical (unpaired) electrons. The highest BCUT2D eigenvalue weighted by Gasteiger charge is 2.25. The number of carbonyl (C=O) groups excluding carboxylic acids is 2. The van der Waals surface area contributed by atoms with Crippen LogP contribution in [0.3, 0.4) is 0 Å². The van der Waals surface area contributed by atoms with Crippen molar-refractivity contribution < 1.29 is 19.1 Å². The second-order valence-corrected chi connectivity index (χ2v) is 7.10. The number of rotatable bonds is 6. The predicted molar refractivity (Wildman–Crippen MR) is 117 cm³/mol. The number of nitrogen functional groups attached to an aromatic ring is 1. The molecule has 0 saturated heterocycles. The molecule has 0 fully saturated rings. The molecule has 8 nitrogen and oxygen atoms in total. The molecule has 9 heteroatoms. The number of anilines is 1. The smallest absolute Gasteiger partial charge is 0.344 e. The van der Waals surface area contributed by atoms with E-state index in [0.29, 0.717) is 32.8 Å². The van der Waals surface area contributed by atoms with E-state index in [9.17, 15) is 9.59 Å². The van der Waals surface area contributed by atoms with Gasteiger partial charge < -0.3 is 19.8 Å². The summed E-state index contributed by atoms with van der Waals surface area (Å²) >= 11 is 5.85. The molecule has 2 heterocycles. The van der Waals surface area contributed by atoms with Gasteiger partial charge in [0.2, 0.25) is 0 Å². The summed E-state index contributed by atoms with van der Waals surface area (Å²) in [5.74, 6) is -0.911. The van der Waals surface area contributed by atoms with Gasteiger partial charge in [0, 0.05) is 5.02 Å². The Hall–Kier alpha value is -3.65. The summed E-state index contributed by atoms with van der Waals surface area (Å²) in [6, 6.07) is 13.7. The second-order valence-electron chi connectivity index (χ2n) is 6.66. The summed E-state index contributed by atoms with van der Waals surface area (Å²) in [6.45, 7) is 2.12. The molecule has 0 aliphatic heterocycles. The van der Waals surface area contributed by atoms with Crippen molar-refractivity contribution in [3.63, 3.8) is 0 Å². The van der Waals surface area contributed by atoms with Crippen LogP contribution in [0.15, 0.2) is 48.5 Å². The zero-order valence-electron chi connectivity index (χ0n) is 16.7. The van der Waals surface area contributed by atoms with E-state index >= 15 is 0 Å². The third-order valence-corrected chi connectivity index (χ3v) is 4.95. The number of carbonyl (C=O) groups is 2. The number of para-hydroxylation sites is 2. The van der Waals surface area contributed by atoms with Crippen LogP contribution in [0.1, 0.15) is 27.6 Å². The van der Waals surface area contributed by atoms with Crippen LogP contribution in [0.4, 0.5) is 5.82 Å². The summed E-state index contributed by atoms with van der Waals surface area (Å²) in [7, 11) is 0. The van der Waals surface area contributed by atoms with Gasteiger partial charge in [0.05, 0.1) is 29.7 Å². The first-order valence-electron chi connectivity index (χ1n) is 9.64. The highest BCUT2D eigenvalue weighted by molar-refractivity contribution is 6.30. The maximum Gasteiger partial charge on any atom is 0.344 e. The molecular weight excluding hydrogens is 420 g/mol. The lowest BCUT2D eigenvalue weighted by Gasteiger charge is -2.09. The van der Waals surface area contributed by atoms with Gasteiger partial charge in [-0.1, -0.05) is 23.7 Å². The minimum Gasteiger partial charge on any atom is -0.462 e. The first kappa shape index (κ1) is 20.6. The molecule has 158 valence electrons. The van der Waals surface area contributed by atoms with Gasteiger partial charge in [0.25, 0.3) is 0 Å². The van der Waals surface area contributed by atoms with E-state index in [1.807, 2.05) is 18.2 Å². The summed E-state index contributed by atoms with van der Waals surface area (Å²) in [4.78, 5) is 34.0. The number of fused-ring (bicyclic) bond motifs is 2. The van der Waals surface area contributed by atoms with Crippen molar-refractivity contribution in [2.45, 2.75) is 13.5 Å². The topological polar surface area (TPSA) is 109 Å². The molecule has 2 aromatic heterocycles. The van der Waals surface area contributed by atoms with E-state index < -0.39 is 11.9 Å². The van der Waals surface area contributed by atoms with E-state index in [0.717, 1.165) is 0 Å². The normalized spacial score (nSPS) is 11.0. The van der Waals surface area contributed by atoms with Crippen LogP contribution in [0, 0.1) is 0 Å². The number of ether oxygens (including phenoxy) is 2. The molecule has 0 spiro atoms. The first-order valence-corrected chi connectivity index (χ1v) is 10.0. The molecule has 0 atom stereocenters. The van der Waals surface area contributed by atoms with Crippen LogP contribution in [0.2, 0.25) is 5.02 Å². The molecule has 0 amide bonds. The Kier molecular flexibility index (Phi) is 5.73. The van der Waals surface area contributed by atoms with Crippen molar-refractivity contribution in [2.75, 3.05) is 18.9 Å². The average molecular weight is 439 g/mol. The Bertz CT molecular complexity index is 1280. The average Bonchev–Trinajstić information content (AvgIpc) is 3.03. The zero-order valence-corrected chi connectivity index (χ0v) is 17.4. The fourth-order valence-electron chi connectivity index (χ4n) is 3.25. The van der Waals surface area contributed by atoms with Crippen molar-refractivity contribution in [1.82, 2.24) is 14.5 Å². The molecule has 31 heavy (non-hydrogen) atoms. The zero-order chi connectivity index (χ0) is 22.0. The molecule has 4 rings (SSSR count). The van der Waals surface area contributed by atoms with Crippen LogP contribution in [0.25, 0.3) is 22.2 Å². The van der Waals surface area contributed by atoms with Crippen molar-refractivity contribution >= 4 is 51.6 Å². The Morgan fingerprint density at radius 1 is 1.00 bits per heavy atom. The van der Waals surface area contributed by atoms with Gasteiger partial charge >= 0.3 is 11.9 Å². The lowest BCUT2D eigenvalue weighted by Crippen LogP contribution is -2.14. The SMILES string of the molecule is CCOC(=O)c1c(N)n(CCOC(=O)c2ccc(Cl)cc2)c2nc3ccccc3nc12. The van der Waals surface area contributed by atoms with Crippen LogP contribution < -0.4 is 5.73 Å². The number of esters is 2. The fraction of sp³-hybridized carbons (Fsp3) is 0.182. The molecule has 0 bridgehead atoms. The van der Waals surface area contributed by atoms with Crippen molar-refractivity contribution in [1.29, 1.82) is 0 Å². The quantitative estimate of drug-likeness (QED) is 0.455. The third kappa shape index (κ3) is 4.02. The number of benzene rings is 2. The van der Waals surface area contributed by atoms with Gasteiger partial charge in [-0.2, -0.15) is 0 Å². The maximum absolute atomic E-state index is 12.5. The monoisotopic (exact) mass is 438 g/mol. The van der Waals surface area contributed by atoms with Crippen LogP contribution in [0.5, 0.6) is 0 Å². The Labute approximate surface area is 182 Å². The van der Waals surface area contributed by atoms with E-state index in [1.165, 1.54) is 0 Å². The molecular formula is C22H19ClN4O4. The number of halogens is 1. The number of nitrogens with two attached hydrogens (primary N) is 1. The maximum atomic E-state index is 12.5. The Morgan fingerprint density at radius 3 is 2.35 bits per heavy atom. The molecule has 2 N–H and O–H groups in total. The second kappa shape index (κ2) is 8.61. The molecule has 0 unspecified atom stereocenters. The van der Waals surface area contributed by atoms with Crippen LogP contribution in [-0.2, 0) is 16.0 Å². The van der Waals surface area contributed by atoms with Gasteiger partial charge in [-0.3, -0.25) is 0 Å². The molecule has 0 saturated carbocycles. The minimum atomic E-state index is -0.577. The summed E-state index contributed by atoms with van der Waals surface area (Å²) < 4.78 is 12.1. The largest absolute Gasteiger partial charge is 0.462 e. The molecule has 0 aliphatic carbocycles. The van der Waals surface area contributed by atoms with Crippen molar-refractivity contribution in [3.05, 3.63) is 64.7 Å². The minimum absolute atomic E-state index is 0.0201. The van der Waals surface area contributed by atoms with Crippen molar-refractivity contribution in [2.24, 2.45) is 0 Å². The van der Waals surface area contributed by atoms with Gasteiger partial charge in [-0.05, 0) is 43.3 Å². The van der Waals surface area contributed by atoms with E-state index in [-0.39, 0.29) is 31.1 Å². The lowest BCUT2D eigenvalue weighted by molar-refractivity contribution is 0.0488. The number of aromatic nitrogens is 3. The Morgan fingerprint density at radius 2 is 1.68 bits per heavy atom. The highest BCUT2D eigenvalue weighted by Crippen LogP contribution is 2.28. The van der Waals surface area contributed by atoms with Gasteiger partial charge in [-0.25, -0.2) is 19.6 Å². The first-order chi connectivity index (χ1) is 15.0. The number of nitrogens with zero attached hydrogens (tertiary/aromatic N) is 3. The predicted octanol–water partition coefficient (Wildman–Crippen LogP) is 3.85. The standard InChI is InChI=1S/C22H19ClN4O4/c1-2-30-22(29)17-18-20(26-16-6-4-3-5-15(16)25-18)27(19(17)24)11-12-31-21(28)13-7-9-14(23)10-8-13/h3-10H,2,11-12,24H2,1H3. The third-order valence-electron chi connectivity index (χ3n) is 4.70. The van der Waals surface area contributed by atoms with E-state index in [2.05, 4.69) is 9.97 Å². The van der Waals surface area contributed by atoms with Gasteiger partial charge in [0.1, 0.15) is 23.5 Å². The summed E-state index contributed by atoms with van der Waals surface area (Å²) in [5, 5.41) is 0.528. The fourth-order valence-corrected chi connectivity index (χ4v) is 3.37.